The van der Waals surface area contributed by atoms with E-state index in [4.69, 9.17) is 9.26 Å². The maximum absolute atomic E-state index is 11.8. The van der Waals surface area contributed by atoms with Crippen molar-refractivity contribution in [2.45, 2.75) is 12.6 Å². The Morgan fingerprint density at radius 3 is 2.60 bits per heavy atom. The molecule has 0 amide bonds. The fourth-order valence-corrected chi connectivity index (χ4v) is 2.65. The third kappa shape index (κ3) is 5.54. The monoisotopic (exact) mass is 367 g/mol. The molecule has 1 fully saturated rings. The van der Waals surface area contributed by atoms with Crippen LogP contribution >= 0.6 is 12.4 Å². The SMILES string of the molecule is Cl.O=c1onc(/C=C/c2ccccc2)n1CC(O)CN1CCOCC1. The first kappa shape index (κ1) is 19.4. The largest absolute Gasteiger partial charge is 0.441 e. The van der Waals surface area contributed by atoms with Gasteiger partial charge in [-0.25, -0.2) is 4.79 Å². The molecule has 1 atom stereocenters. The predicted molar refractivity (Wildman–Crippen MR) is 96.6 cm³/mol. The zero-order valence-electron chi connectivity index (χ0n) is 13.8. The van der Waals surface area contributed by atoms with Crippen LogP contribution in [0.15, 0.2) is 39.6 Å². The zero-order chi connectivity index (χ0) is 16.8. The van der Waals surface area contributed by atoms with Crippen LogP contribution in [0.1, 0.15) is 11.4 Å². The van der Waals surface area contributed by atoms with E-state index in [9.17, 15) is 9.90 Å². The van der Waals surface area contributed by atoms with Gasteiger partial charge in [-0.1, -0.05) is 41.6 Å². The molecule has 1 N–H and O–H groups in total. The minimum atomic E-state index is -0.677. The fourth-order valence-electron chi connectivity index (χ4n) is 2.65. The summed E-state index contributed by atoms with van der Waals surface area (Å²) in [4.78, 5) is 14.0. The van der Waals surface area contributed by atoms with Crippen molar-refractivity contribution < 1.29 is 14.4 Å². The number of nitrogens with zero attached hydrogens (tertiary/aromatic N) is 3. The third-order valence-electron chi connectivity index (χ3n) is 3.90. The van der Waals surface area contributed by atoms with E-state index in [1.807, 2.05) is 36.4 Å². The summed E-state index contributed by atoms with van der Waals surface area (Å²) in [6, 6.07) is 9.70. The molecule has 2 heterocycles. The highest BCUT2D eigenvalue weighted by molar-refractivity contribution is 5.85. The number of aromatic nitrogens is 2. The Labute approximate surface area is 151 Å². The van der Waals surface area contributed by atoms with E-state index in [0.29, 0.717) is 25.6 Å². The molecule has 0 radical (unpaired) electrons. The Morgan fingerprint density at radius 1 is 1.16 bits per heavy atom. The second kappa shape index (κ2) is 9.53. The number of hydrogen-bond donors (Lipinski definition) is 1. The molecule has 0 bridgehead atoms. The number of hydrogen-bond acceptors (Lipinski definition) is 6. The lowest BCUT2D eigenvalue weighted by Gasteiger charge is -2.28. The number of aliphatic hydroxyl groups excluding tert-OH is 1. The van der Waals surface area contributed by atoms with E-state index in [1.165, 1.54) is 4.57 Å². The molecule has 1 aromatic heterocycles. The Morgan fingerprint density at radius 2 is 1.88 bits per heavy atom. The van der Waals surface area contributed by atoms with E-state index in [2.05, 4.69) is 10.1 Å². The van der Waals surface area contributed by atoms with Gasteiger partial charge in [0.2, 0.25) is 0 Å². The smallest absolute Gasteiger partial charge is 0.390 e. The summed E-state index contributed by atoms with van der Waals surface area (Å²) in [6.45, 7) is 3.56. The van der Waals surface area contributed by atoms with E-state index in [0.717, 1.165) is 18.7 Å². The van der Waals surface area contributed by atoms with Crippen molar-refractivity contribution in [1.82, 2.24) is 14.6 Å². The summed E-state index contributed by atoms with van der Waals surface area (Å²) in [7, 11) is 0. The number of β-amino-alcohol motifs (C(OH)–C–C–N with tert-alkyl or cyclic N) is 1. The molecule has 1 aromatic carbocycles. The molecule has 25 heavy (non-hydrogen) atoms. The average Bonchev–Trinajstić information content (AvgIpc) is 2.95. The van der Waals surface area contributed by atoms with Crippen LogP contribution in [0, 0.1) is 0 Å². The van der Waals surface area contributed by atoms with Crippen LogP contribution in [0.4, 0.5) is 0 Å². The van der Waals surface area contributed by atoms with Gasteiger partial charge in [-0.2, -0.15) is 0 Å². The summed E-state index contributed by atoms with van der Waals surface area (Å²) in [6.07, 6.45) is 2.88. The lowest BCUT2D eigenvalue weighted by Crippen LogP contribution is -2.42. The summed E-state index contributed by atoms with van der Waals surface area (Å²) in [5.41, 5.74) is 0.994. The lowest BCUT2D eigenvalue weighted by molar-refractivity contribution is 0.0111. The lowest BCUT2D eigenvalue weighted by atomic mass is 10.2. The Balaban J connectivity index is 0.00000225. The second-order valence-corrected chi connectivity index (χ2v) is 5.73. The van der Waals surface area contributed by atoms with Gasteiger partial charge in [-0.05, 0) is 11.6 Å². The van der Waals surface area contributed by atoms with Crippen molar-refractivity contribution in [2.24, 2.45) is 0 Å². The van der Waals surface area contributed by atoms with Crippen LogP contribution in [-0.4, -0.2) is 58.7 Å². The second-order valence-electron chi connectivity index (χ2n) is 5.73. The van der Waals surface area contributed by atoms with E-state index in [1.54, 1.807) is 6.08 Å². The molecule has 136 valence electrons. The Kier molecular flexibility index (Phi) is 7.39. The van der Waals surface area contributed by atoms with Crippen molar-refractivity contribution in [3.63, 3.8) is 0 Å². The van der Waals surface area contributed by atoms with Gasteiger partial charge in [0.05, 0.1) is 25.9 Å². The average molecular weight is 368 g/mol. The first-order valence-corrected chi connectivity index (χ1v) is 8.00. The highest BCUT2D eigenvalue weighted by atomic mass is 35.5. The van der Waals surface area contributed by atoms with Crippen LogP contribution < -0.4 is 5.76 Å². The van der Waals surface area contributed by atoms with Gasteiger partial charge in [0.25, 0.3) is 0 Å². The van der Waals surface area contributed by atoms with Crippen molar-refractivity contribution >= 4 is 24.6 Å². The van der Waals surface area contributed by atoms with Gasteiger partial charge < -0.3 is 9.84 Å². The van der Waals surface area contributed by atoms with Crippen molar-refractivity contribution in [1.29, 1.82) is 0 Å². The molecule has 3 rings (SSSR count). The Bertz CT molecular complexity index is 723. The van der Waals surface area contributed by atoms with E-state index < -0.39 is 11.9 Å². The minimum absolute atomic E-state index is 0. The number of halogens is 1. The normalized spacial score (nSPS) is 16.7. The number of benzene rings is 1. The molecule has 1 aliphatic heterocycles. The summed E-state index contributed by atoms with van der Waals surface area (Å²) < 4.78 is 11.4. The quantitative estimate of drug-likeness (QED) is 0.824. The zero-order valence-corrected chi connectivity index (χ0v) is 14.6. The molecular formula is C17H22ClN3O4. The predicted octanol–water partition coefficient (Wildman–Crippen LogP) is 1.12. The molecule has 8 heteroatoms. The van der Waals surface area contributed by atoms with Crippen molar-refractivity contribution in [2.75, 3.05) is 32.8 Å². The van der Waals surface area contributed by atoms with Crippen LogP contribution in [0.25, 0.3) is 12.2 Å². The van der Waals surface area contributed by atoms with Gasteiger partial charge in [-0.3, -0.25) is 14.0 Å². The molecule has 0 spiro atoms. The first-order valence-electron chi connectivity index (χ1n) is 8.00. The van der Waals surface area contributed by atoms with Gasteiger partial charge in [-0.15, -0.1) is 12.4 Å². The molecule has 0 aliphatic carbocycles. The topological polar surface area (TPSA) is 80.7 Å². The van der Waals surface area contributed by atoms with Crippen molar-refractivity contribution in [3.8, 4) is 0 Å². The standard InChI is InChI=1S/C17H21N3O4.ClH/c21-15(12-19-8-10-23-11-9-19)13-20-16(18-24-17(20)22)7-6-14-4-2-1-3-5-14;/h1-7,15,21H,8-13H2;1H/b7-6+;. The molecule has 1 unspecified atom stereocenters. The minimum Gasteiger partial charge on any atom is -0.390 e. The molecule has 1 saturated heterocycles. The number of aliphatic hydroxyl groups is 1. The van der Waals surface area contributed by atoms with E-state index >= 15 is 0 Å². The highest BCUT2D eigenvalue weighted by Gasteiger charge is 2.18. The maximum atomic E-state index is 11.8. The molecule has 7 nitrogen and oxygen atoms in total. The van der Waals surface area contributed by atoms with Crippen LogP contribution in [0.3, 0.4) is 0 Å². The molecule has 0 saturated carbocycles. The highest BCUT2D eigenvalue weighted by Crippen LogP contribution is 2.07. The number of rotatable bonds is 6. The van der Waals surface area contributed by atoms with E-state index in [-0.39, 0.29) is 19.0 Å². The maximum Gasteiger partial charge on any atom is 0.441 e. The van der Waals surface area contributed by atoms with Gasteiger partial charge >= 0.3 is 5.76 Å². The summed E-state index contributed by atoms with van der Waals surface area (Å²) in [5, 5.41) is 14.0. The summed E-state index contributed by atoms with van der Waals surface area (Å²) >= 11 is 0. The molecule has 1 aliphatic rings. The molecular weight excluding hydrogens is 346 g/mol. The van der Waals surface area contributed by atoms with Gasteiger partial charge in [0.15, 0.2) is 5.82 Å². The number of morpholine rings is 1. The third-order valence-corrected chi connectivity index (χ3v) is 3.90. The van der Waals surface area contributed by atoms with Crippen LogP contribution in [0.2, 0.25) is 0 Å². The van der Waals surface area contributed by atoms with Gasteiger partial charge in [0, 0.05) is 19.6 Å². The molecule has 2 aromatic rings. The fraction of sp³-hybridized carbons (Fsp3) is 0.412. The Hall–Kier alpha value is -1.93. The van der Waals surface area contributed by atoms with Crippen LogP contribution in [-0.2, 0) is 11.3 Å². The number of ether oxygens (including phenoxy) is 1. The first-order chi connectivity index (χ1) is 11.7. The summed E-state index contributed by atoms with van der Waals surface area (Å²) in [5.74, 6) is -0.173. The van der Waals surface area contributed by atoms with Crippen LogP contribution in [0.5, 0.6) is 0 Å². The van der Waals surface area contributed by atoms with Gasteiger partial charge in [0.1, 0.15) is 0 Å². The van der Waals surface area contributed by atoms with Crippen molar-refractivity contribution in [3.05, 3.63) is 52.3 Å².